The first-order valence-corrected chi connectivity index (χ1v) is 8.12. The van der Waals surface area contributed by atoms with E-state index in [0.29, 0.717) is 11.9 Å². The smallest absolute Gasteiger partial charge is 0.144 e. The first-order chi connectivity index (χ1) is 9.45. The Bertz CT molecular complexity index is 481. The van der Waals surface area contributed by atoms with Crippen LogP contribution in [0.2, 0.25) is 0 Å². The van der Waals surface area contributed by atoms with Gasteiger partial charge >= 0.3 is 0 Å². The van der Waals surface area contributed by atoms with Crippen LogP contribution in [0.4, 0.5) is 0 Å². The molecule has 1 aromatic rings. The third-order valence-corrected chi connectivity index (χ3v) is 5.45. The van der Waals surface area contributed by atoms with E-state index in [2.05, 4.69) is 28.4 Å². The average molecular weight is 295 g/mol. The van der Waals surface area contributed by atoms with Crippen molar-refractivity contribution in [1.29, 1.82) is 0 Å². The van der Waals surface area contributed by atoms with Crippen molar-refractivity contribution >= 4 is 17.2 Å². The van der Waals surface area contributed by atoms with Crippen LogP contribution in [0, 0.1) is 5.41 Å². The van der Waals surface area contributed by atoms with Gasteiger partial charge in [-0.2, -0.15) is 0 Å². The van der Waals surface area contributed by atoms with E-state index in [9.17, 15) is 0 Å². The van der Waals surface area contributed by atoms with Crippen LogP contribution in [0.1, 0.15) is 50.1 Å². The van der Waals surface area contributed by atoms with E-state index in [1.165, 1.54) is 12.0 Å². The van der Waals surface area contributed by atoms with Crippen LogP contribution >= 0.6 is 11.3 Å². The number of oxime groups is 1. The second kappa shape index (κ2) is 6.14. The van der Waals surface area contributed by atoms with Crippen LogP contribution in [0.3, 0.4) is 0 Å². The van der Waals surface area contributed by atoms with Crippen molar-refractivity contribution in [2.45, 2.75) is 46.1 Å². The van der Waals surface area contributed by atoms with Gasteiger partial charge in [-0.05, 0) is 49.7 Å². The molecule has 0 amide bonds. The minimum atomic E-state index is -0.235. The molecule has 2 rings (SSSR count). The summed E-state index contributed by atoms with van der Waals surface area (Å²) >= 11 is 1.88. The highest BCUT2D eigenvalue weighted by Crippen LogP contribution is 2.33. The highest BCUT2D eigenvalue weighted by Gasteiger charge is 2.26. The van der Waals surface area contributed by atoms with Crippen molar-refractivity contribution in [3.63, 3.8) is 0 Å². The summed E-state index contributed by atoms with van der Waals surface area (Å²) in [6.07, 6.45) is 3.16. The van der Waals surface area contributed by atoms with E-state index in [4.69, 9.17) is 10.9 Å². The van der Waals surface area contributed by atoms with E-state index >= 15 is 0 Å². The molecule has 0 saturated heterocycles. The lowest BCUT2D eigenvalue weighted by atomic mass is 9.86. The molecule has 0 saturated carbocycles. The van der Waals surface area contributed by atoms with Crippen molar-refractivity contribution < 1.29 is 5.21 Å². The number of thiophene rings is 1. The van der Waals surface area contributed by atoms with E-state index in [1.807, 2.05) is 25.2 Å². The molecule has 1 aliphatic heterocycles. The zero-order valence-corrected chi connectivity index (χ0v) is 13.4. The molecule has 1 unspecified atom stereocenters. The molecule has 2 heterocycles. The summed E-state index contributed by atoms with van der Waals surface area (Å²) in [7, 11) is 0. The van der Waals surface area contributed by atoms with Gasteiger partial charge in [-0.1, -0.05) is 19.0 Å². The lowest BCUT2D eigenvalue weighted by molar-refractivity contribution is 0.190. The third kappa shape index (κ3) is 3.15. The fourth-order valence-corrected chi connectivity index (χ4v) is 3.82. The Kier molecular flexibility index (Phi) is 4.70. The first kappa shape index (κ1) is 15.3. The molecular weight excluding hydrogens is 270 g/mol. The molecule has 0 fully saturated rings. The number of rotatable bonds is 5. The van der Waals surface area contributed by atoms with Gasteiger partial charge in [-0.15, -0.1) is 11.3 Å². The zero-order chi connectivity index (χ0) is 14.8. The average Bonchev–Trinajstić information content (AvgIpc) is 2.89. The molecule has 0 spiro atoms. The van der Waals surface area contributed by atoms with E-state index in [1.54, 1.807) is 4.88 Å². The summed E-state index contributed by atoms with van der Waals surface area (Å²) in [5, 5.41) is 14.1. The fraction of sp³-hybridized carbons (Fsp3) is 0.667. The predicted octanol–water partition coefficient (Wildman–Crippen LogP) is 3.22. The summed E-state index contributed by atoms with van der Waals surface area (Å²) < 4.78 is 0. The van der Waals surface area contributed by atoms with Gasteiger partial charge in [0.1, 0.15) is 5.84 Å². The van der Waals surface area contributed by atoms with Gasteiger partial charge in [0.05, 0.1) is 0 Å². The summed E-state index contributed by atoms with van der Waals surface area (Å²) in [5.74, 6) is 0.323. The molecule has 3 N–H and O–H groups in total. The highest BCUT2D eigenvalue weighted by molar-refractivity contribution is 7.10. The Balaban J connectivity index is 1.87. The van der Waals surface area contributed by atoms with Crippen LogP contribution in [0.5, 0.6) is 0 Å². The molecule has 20 heavy (non-hydrogen) atoms. The number of nitrogens with two attached hydrogens (primary N) is 1. The predicted molar refractivity (Wildman–Crippen MR) is 84.4 cm³/mol. The number of hydrogen-bond donors (Lipinski definition) is 2. The topological polar surface area (TPSA) is 61.8 Å². The number of amidine groups is 1. The molecule has 112 valence electrons. The summed E-state index contributed by atoms with van der Waals surface area (Å²) in [4.78, 5) is 4.09. The van der Waals surface area contributed by atoms with Crippen LogP contribution in [-0.2, 0) is 6.42 Å². The summed E-state index contributed by atoms with van der Waals surface area (Å²) in [6, 6.07) is 2.77. The minimum Gasteiger partial charge on any atom is -0.409 e. The van der Waals surface area contributed by atoms with E-state index < -0.39 is 0 Å². The van der Waals surface area contributed by atoms with Crippen LogP contribution in [0.25, 0.3) is 0 Å². The highest BCUT2D eigenvalue weighted by atomic mass is 32.1. The van der Waals surface area contributed by atoms with Gasteiger partial charge in [0.15, 0.2) is 0 Å². The first-order valence-electron chi connectivity index (χ1n) is 7.24. The molecule has 0 bridgehead atoms. The second-order valence-corrected chi connectivity index (χ2v) is 7.23. The van der Waals surface area contributed by atoms with Crippen molar-refractivity contribution in [1.82, 2.24) is 4.90 Å². The SMILES string of the molecule is CC1c2ccsc2CCN1CCCC(C)(C)C(N)=NO. The van der Waals surface area contributed by atoms with Gasteiger partial charge in [0.25, 0.3) is 0 Å². The van der Waals surface area contributed by atoms with Crippen molar-refractivity contribution in [2.75, 3.05) is 13.1 Å². The fourth-order valence-electron chi connectivity index (χ4n) is 2.85. The maximum absolute atomic E-state index is 8.80. The molecule has 4 nitrogen and oxygen atoms in total. The van der Waals surface area contributed by atoms with Gasteiger partial charge in [-0.25, -0.2) is 0 Å². The zero-order valence-electron chi connectivity index (χ0n) is 12.6. The number of hydrogen-bond acceptors (Lipinski definition) is 4. The summed E-state index contributed by atoms with van der Waals surface area (Å²) in [6.45, 7) is 8.55. The molecule has 1 aliphatic rings. The molecule has 1 aromatic heterocycles. The maximum atomic E-state index is 8.80. The van der Waals surface area contributed by atoms with Gasteiger partial charge in [0, 0.05) is 22.9 Å². The molecular formula is C15H25N3OS. The van der Waals surface area contributed by atoms with E-state index in [0.717, 1.165) is 25.9 Å². The Labute approximate surface area is 125 Å². The van der Waals surface area contributed by atoms with Crippen LogP contribution in [0.15, 0.2) is 16.6 Å². The lowest BCUT2D eigenvalue weighted by Crippen LogP contribution is -2.36. The molecule has 0 aliphatic carbocycles. The minimum absolute atomic E-state index is 0.235. The largest absolute Gasteiger partial charge is 0.409 e. The van der Waals surface area contributed by atoms with Crippen LogP contribution < -0.4 is 5.73 Å². The normalized spacial score (nSPS) is 20.9. The van der Waals surface area contributed by atoms with Crippen molar-refractivity contribution in [2.24, 2.45) is 16.3 Å². The monoisotopic (exact) mass is 295 g/mol. The third-order valence-electron chi connectivity index (χ3n) is 4.45. The quantitative estimate of drug-likeness (QED) is 0.379. The number of nitrogens with zero attached hydrogens (tertiary/aromatic N) is 2. The van der Waals surface area contributed by atoms with Crippen molar-refractivity contribution in [3.05, 3.63) is 21.9 Å². The molecule has 5 heteroatoms. The standard InChI is InChI=1S/C15H25N3OS/c1-11-12-6-10-20-13(12)5-9-18(11)8-4-7-15(2,3)14(16)17-19/h6,10-11,19H,4-5,7-9H2,1-3H3,(H2,16,17). The van der Waals surface area contributed by atoms with Crippen molar-refractivity contribution in [3.8, 4) is 0 Å². The van der Waals surface area contributed by atoms with E-state index in [-0.39, 0.29) is 5.41 Å². The Morgan fingerprint density at radius 2 is 2.35 bits per heavy atom. The Morgan fingerprint density at radius 1 is 1.60 bits per heavy atom. The Morgan fingerprint density at radius 3 is 3.05 bits per heavy atom. The lowest BCUT2D eigenvalue weighted by Gasteiger charge is -2.34. The Hall–Kier alpha value is -1.07. The molecule has 0 radical (unpaired) electrons. The number of fused-ring (bicyclic) bond motifs is 1. The molecule has 0 aromatic carbocycles. The van der Waals surface area contributed by atoms with Crippen LogP contribution in [-0.4, -0.2) is 29.0 Å². The van der Waals surface area contributed by atoms with Gasteiger partial charge in [-0.3, -0.25) is 4.90 Å². The maximum Gasteiger partial charge on any atom is 0.144 e. The summed E-state index contributed by atoms with van der Waals surface area (Å²) in [5.41, 5.74) is 7.00. The molecule has 1 atom stereocenters. The second-order valence-electron chi connectivity index (χ2n) is 6.23. The van der Waals surface area contributed by atoms with Gasteiger partial charge in [0.2, 0.25) is 0 Å². The van der Waals surface area contributed by atoms with Gasteiger partial charge < -0.3 is 10.9 Å².